The zero-order chi connectivity index (χ0) is 53.9. The number of hydrogen-bond acceptors (Lipinski definition) is 13. The first-order chi connectivity index (χ1) is 36.1. The molecule has 14 nitrogen and oxygen atoms in total. The van der Waals surface area contributed by atoms with E-state index in [1.807, 2.05) is 0 Å². The minimum absolute atomic E-state index is 0.219. The first-order valence-electron chi connectivity index (χ1n) is 29.5. The Morgan fingerprint density at radius 2 is 0.932 bits per heavy atom. The summed E-state index contributed by atoms with van der Waals surface area (Å²) in [4.78, 5) is 13.3. The van der Waals surface area contributed by atoms with E-state index < -0.39 is 86.8 Å². The van der Waals surface area contributed by atoms with Gasteiger partial charge in [-0.15, -0.1) is 0 Å². The van der Waals surface area contributed by atoms with Crippen molar-refractivity contribution in [3.8, 4) is 0 Å². The molecule has 74 heavy (non-hydrogen) atoms. The third-order valence-electron chi connectivity index (χ3n) is 14.2. The monoisotopic (exact) mass is 1050 g/mol. The fourth-order valence-electron chi connectivity index (χ4n) is 9.50. The van der Waals surface area contributed by atoms with Crippen molar-refractivity contribution in [1.29, 1.82) is 0 Å². The van der Waals surface area contributed by atoms with Crippen molar-refractivity contribution in [3.05, 3.63) is 60.8 Å². The van der Waals surface area contributed by atoms with E-state index in [0.29, 0.717) is 12.8 Å². The van der Waals surface area contributed by atoms with Gasteiger partial charge in [0.15, 0.2) is 12.6 Å². The van der Waals surface area contributed by atoms with E-state index in [1.165, 1.54) is 89.9 Å². The second kappa shape index (κ2) is 45.7. The van der Waals surface area contributed by atoms with Gasteiger partial charge < -0.3 is 65.1 Å². The van der Waals surface area contributed by atoms with Gasteiger partial charge in [0.25, 0.3) is 0 Å². The molecule has 2 fully saturated rings. The zero-order valence-corrected chi connectivity index (χ0v) is 46.1. The maximum absolute atomic E-state index is 13.3. The van der Waals surface area contributed by atoms with Crippen LogP contribution in [0.1, 0.15) is 219 Å². The van der Waals surface area contributed by atoms with Gasteiger partial charge in [0.05, 0.1) is 32.0 Å². The van der Waals surface area contributed by atoms with E-state index in [4.69, 9.17) is 18.9 Å². The summed E-state index contributed by atoms with van der Waals surface area (Å²) < 4.78 is 22.8. The van der Waals surface area contributed by atoms with Crippen LogP contribution in [0.4, 0.5) is 0 Å². The van der Waals surface area contributed by atoms with Gasteiger partial charge in [-0.05, 0) is 57.8 Å². The van der Waals surface area contributed by atoms with Crippen molar-refractivity contribution in [3.63, 3.8) is 0 Å². The van der Waals surface area contributed by atoms with Crippen LogP contribution in [-0.4, -0.2) is 140 Å². The predicted octanol–water partition coefficient (Wildman–Crippen LogP) is 9.78. The van der Waals surface area contributed by atoms with Gasteiger partial charge >= 0.3 is 0 Å². The quantitative estimate of drug-likeness (QED) is 0.0205. The first-order valence-corrected chi connectivity index (χ1v) is 29.5. The predicted molar refractivity (Wildman–Crippen MR) is 295 cm³/mol. The van der Waals surface area contributed by atoms with Crippen LogP contribution in [0.2, 0.25) is 0 Å². The molecular weight excluding hydrogens is 943 g/mol. The number of rotatable bonds is 46. The van der Waals surface area contributed by atoms with Crippen molar-refractivity contribution in [2.75, 3.05) is 19.8 Å². The standard InChI is InChI=1S/C60H107NO13/c1-3-5-7-9-11-13-15-17-19-21-22-23-24-25-26-28-30-32-34-36-38-40-42-44-52(65)61-48(49(64)43-41-39-37-35-33-31-29-27-20-18-16-14-12-10-8-6-4-2)47-71-59-57(70)55(68)58(51(46-63)73-59)74-60-56(69)54(67)53(66)50(45-62)72-60/h5,7,11,13,17,19,22-23,25-26,48-51,53-60,62-64,66-70H,3-4,6,8-10,12,14-16,18,20-21,24,27-47H2,1-2H3,(H,61,65)/b7-5-,13-11-,19-17-,23-22-,26-25-. The van der Waals surface area contributed by atoms with Gasteiger partial charge in [0.2, 0.25) is 5.91 Å². The number of amides is 1. The summed E-state index contributed by atoms with van der Waals surface area (Å²) in [7, 11) is 0. The van der Waals surface area contributed by atoms with Crippen molar-refractivity contribution >= 4 is 5.91 Å². The molecule has 2 saturated heterocycles. The number of aliphatic hydroxyl groups excluding tert-OH is 8. The second-order valence-electron chi connectivity index (χ2n) is 20.7. The number of nitrogens with one attached hydrogen (secondary N) is 1. The van der Waals surface area contributed by atoms with Crippen LogP contribution in [0.15, 0.2) is 60.8 Å². The highest BCUT2D eigenvalue weighted by Gasteiger charge is 2.51. The minimum atomic E-state index is -1.79. The number of carbonyl (C=O) groups is 1. The third-order valence-corrected chi connectivity index (χ3v) is 14.2. The van der Waals surface area contributed by atoms with E-state index in [1.54, 1.807) is 0 Å². The van der Waals surface area contributed by atoms with Crippen LogP contribution in [0.3, 0.4) is 0 Å². The van der Waals surface area contributed by atoms with Crippen LogP contribution < -0.4 is 5.32 Å². The average molecular weight is 1050 g/mol. The molecule has 0 spiro atoms. The van der Waals surface area contributed by atoms with Gasteiger partial charge in [-0.25, -0.2) is 0 Å². The van der Waals surface area contributed by atoms with Crippen molar-refractivity contribution < 1.29 is 64.6 Å². The van der Waals surface area contributed by atoms with Crippen LogP contribution in [0.25, 0.3) is 0 Å². The Labute approximate surface area is 447 Å². The molecular formula is C60H107NO13. The number of ether oxygens (including phenoxy) is 4. The average Bonchev–Trinajstić information content (AvgIpc) is 3.40. The highest BCUT2D eigenvalue weighted by molar-refractivity contribution is 5.76. The lowest BCUT2D eigenvalue weighted by atomic mass is 9.97. The SMILES string of the molecule is CC/C=C\C/C=C\C/C=C\C/C=C\C/C=C\CCCCCCCCCC(=O)NC(COC1OC(CO)C(OC2OC(CO)C(O)C(O)C2O)C(O)C1O)C(O)CCCCCCCCCCCCCCCCCCC. The second-order valence-corrected chi connectivity index (χ2v) is 20.7. The molecule has 12 atom stereocenters. The van der Waals surface area contributed by atoms with E-state index in [0.717, 1.165) is 96.3 Å². The molecule has 9 N–H and O–H groups in total. The molecule has 430 valence electrons. The fourth-order valence-corrected chi connectivity index (χ4v) is 9.50. The van der Waals surface area contributed by atoms with Gasteiger partial charge in [0, 0.05) is 6.42 Å². The molecule has 0 radical (unpaired) electrons. The maximum atomic E-state index is 13.3. The first kappa shape index (κ1) is 67.8. The fraction of sp³-hybridized carbons (Fsp3) is 0.817. The van der Waals surface area contributed by atoms with Crippen molar-refractivity contribution in [2.45, 2.75) is 293 Å². The third kappa shape index (κ3) is 31.2. The van der Waals surface area contributed by atoms with Gasteiger partial charge in [-0.3, -0.25) is 4.79 Å². The number of aliphatic hydroxyl groups is 8. The Balaban J connectivity index is 1.76. The number of hydrogen-bond donors (Lipinski definition) is 9. The molecule has 12 unspecified atom stereocenters. The topological polar surface area (TPSA) is 228 Å². The molecule has 2 aliphatic heterocycles. The van der Waals surface area contributed by atoms with E-state index in [-0.39, 0.29) is 18.9 Å². The van der Waals surface area contributed by atoms with Crippen LogP contribution >= 0.6 is 0 Å². The summed E-state index contributed by atoms with van der Waals surface area (Å²) in [6, 6.07) is -0.838. The molecule has 0 aromatic rings. The lowest BCUT2D eigenvalue weighted by molar-refractivity contribution is -0.359. The largest absolute Gasteiger partial charge is 0.394 e. The Kier molecular flexibility index (Phi) is 41.9. The highest BCUT2D eigenvalue weighted by atomic mass is 16.7. The molecule has 0 aromatic heterocycles. The van der Waals surface area contributed by atoms with E-state index in [2.05, 4.69) is 79.9 Å². The molecule has 2 rings (SSSR count). The summed E-state index contributed by atoms with van der Waals surface area (Å²) in [6.45, 7) is 2.74. The van der Waals surface area contributed by atoms with Crippen molar-refractivity contribution in [2.24, 2.45) is 0 Å². The highest BCUT2D eigenvalue weighted by Crippen LogP contribution is 2.30. The normalized spacial score (nSPS) is 25.6. The Morgan fingerprint density at radius 3 is 1.43 bits per heavy atom. The summed E-state index contributed by atoms with van der Waals surface area (Å²) in [5.74, 6) is -0.219. The number of carbonyl (C=O) groups excluding carboxylic acids is 1. The molecule has 0 aliphatic carbocycles. The Hall–Kier alpha value is -2.31. The number of allylic oxidation sites excluding steroid dienone is 10. The summed E-state index contributed by atoms with van der Waals surface area (Å²) in [5.41, 5.74) is 0. The molecule has 2 heterocycles. The maximum Gasteiger partial charge on any atom is 0.220 e. The lowest BCUT2D eigenvalue weighted by Gasteiger charge is -2.46. The Morgan fingerprint density at radius 1 is 0.500 bits per heavy atom. The molecule has 1 amide bonds. The van der Waals surface area contributed by atoms with Gasteiger partial charge in [0.1, 0.15) is 48.8 Å². The summed E-state index contributed by atoms with van der Waals surface area (Å²) in [6.07, 6.45) is 40.6. The molecule has 0 saturated carbocycles. The van der Waals surface area contributed by atoms with Gasteiger partial charge in [-0.1, -0.05) is 216 Å². The molecule has 0 bridgehead atoms. The lowest BCUT2D eigenvalue weighted by Crippen LogP contribution is -2.65. The molecule has 0 aromatic carbocycles. The zero-order valence-electron chi connectivity index (χ0n) is 46.1. The summed E-state index contributed by atoms with van der Waals surface area (Å²) >= 11 is 0. The number of unbranched alkanes of at least 4 members (excludes halogenated alkanes) is 23. The van der Waals surface area contributed by atoms with Crippen LogP contribution in [0, 0.1) is 0 Å². The molecule has 2 aliphatic rings. The van der Waals surface area contributed by atoms with E-state index in [9.17, 15) is 45.6 Å². The van der Waals surface area contributed by atoms with E-state index >= 15 is 0 Å². The minimum Gasteiger partial charge on any atom is -0.394 e. The van der Waals surface area contributed by atoms with Gasteiger partial charge in [-0.2, -0.15) is 0 Å². The van der Waals surface area contributed by atoms with Crippen molar-refractivity contribution in [1.82, 2.24) is 5.32 Å². The van der Waals surface area contributed by atoms with Crippen LogP contribution in [-0.2, 0) is 23.7 Å². The van der Waals surface area contributed by atoms with Crippen LogP contribution in [0.5, 0.6) is 0 Å². The Bertz CT molecular complexity index is 1470. The smallest absolute Gasteiger partial charge is 0.220 e. The molecule has 14 heteroatoms. The summed E-state index contributed by atoms with van der Waals surface area (Å²) in [5, 5.41) is 87.2.